The van der Waals surface area contributed by atoms with Crippen molar-refractivity contribution < 1.29 is 37.1 Å². The SMILES string of the molecule is Cc1ccc(S(=O)(=O)Oc2c(C/C=C3\CCC(C(=O)O)C3)c(O)c(C)c3c2C(=O)OC3)cc1. The number of fused-ring (bicyclic) bond motifs is 1. The van der Waals surface area contributed by atoms with E-state index in [0.717, 1.165) is 11.1 Å². The van der Waals surface area contributed by atoms with Crippen LogP contribution in [0.25, 0.3) is 0 Å². The summed E-state index contributed by atoms with van der Waals surface area (Å²) in [5.41, 5.74) is 2.70. The maximum atomic E-state index is 13.0. The minimum absolute atomic E-state index is 0.00998. The molecule has 1 saturated carbocycles. The number of carboxylic acids is 1. The average Bonchev–Trinajstić information content (AvgIpc) is 3.39. The van der Waals surface area contributed by atoms with Gasteiger partial charge in [0.15, 0.2) is 5.75 Å². The predicted octanol–water partition coefficient (Wildman–Crippen LogP) is 3.80. The number of benzene rings is 2. The van der Waals surface area contributed by atoms with E-state index < -0.39 is 28.0 Å². The van der Waals surface area contributed by atoms with E-state index in [-0.39, 0.29) is 40.5 Å². The first-order chi connectivity index (χ1) is 15.6. The van der Waals surface area contributed by atoms with Crippen molar-refractivity contribution in [3.8, 4) is 11.5 Å². The molecular weight excluding hydrogens is 448 g/mol. The summed E-state index contributed by atoms with van der Waals surface area (Å²) in [5, 5.41) is 20.1. The van der Waals surface area contributed by atoms with Gasteiger partial charge in [-0.05, 0) is 57.2 Å². The van der Waals surface area contributed by atoms with Crippen LogP contribution in [-0.2, 0) is 32.7 Å². The molecule has 0 radical (unpaired) electrons. The van der Waals surface area contributed by atoms with Crippen LogP contribution in [0.2, 0.25) is 0 Å². The van der Waals surface area contributed by atoms with Gasteiger partial charge in [-0.15, -0.1) is 0 Å². The van der Waals surface area contributed by atoms with Gasteiger partial charge in [0.05, 0.1) is 5.92 Å². The number of phenols is 1. The standard InChI is InChI=1S/C24H24O8S/c1-13-3-8-17(9-4-13)33(29,30)32-22-18(10-6-15-5-7-16(11-15)23(26)27)21(25)14(2)19-12-31-24(28)20(19)22/h3-4,6,8-9,16,25H,5,7,10-12H2,1-2H3,(H,26,27)/b15-6+. The van der Waals surface area contributed by atoms with E-state index in [1.165, 1.54) is 12.1 Å². The van der Waals surface area contributed by atoms with E-state index in [0.29, 0.717) is 30.4 Å². The van der Waals surface area contributed by atoms with Crippen molar-refractivity contribution in [1.82, 2.24) is 0 Å². The molecule has 2 aromatic rings. The van der Waals surface area contributed by atoms with Gasteiger partial charge in [-0.2, -0.15) is 8.42 Å². The summed E-state index contributed by atoms with van der Waals surface area (Å²) in [6.07, 6.45) is 3.36. The molecule has 1 aliphatic carbocycles. The third kappa shape index (κ3) is 4.32. The van der Waals surface area contributed by atoms with Crippen molar-refractivity contribution in [2.75, 3.05) is 0 Å². The van der Waals surface area contributed by atoms with Crippen LogP contribution in [0.1, 0.15) is 51.9 Å². The Bertz CT molecular complexity index is 1270. The summed E-state index contributed by atoms with van der Waals surface area (Å²) in [7, 11) is -4.30. The van der Waals surface area contributed by atoms with Crippen LogP contribution in [-0.4, -0.2) is 30.6 Å². The Labute approximate surface area is 191 Å². The quantitative estimate of drug-likeness (QED) is 0.369. The highest BCUT2D eigenvalue weighted by atomic mass is 32.2. The van der Waals surface area contributed by atoms with Crippen LogP contribution in [0.4, 0.5) is 0 Å². The van der Waals surface area contributed by atoms with E-state index in [1.807, 2.05) is 6.92 Å². The Balaban J connectivity index is 1.77. The zero-order chi connectivity index (χ0) is 23.9. The molecule has 2 aromatic carbocycles. The van der Waals surface area contributed by atoms with E-state index in [9.17, 15) is 28.2 Å². The lowest BCUT2D eigenvalue weighted by Crippen LogP contribution is -2.14. The van der Waals surface area contributed by atoms with Gasteiger partial charge in [-0.1, -0.05) is 29.3 Å². The lowest BCUT2D eigenvalue weighted by molar-refractivity contribution is -0.141. The lowest BCUT2D eigenvalue weighted by Gasteiger charge is -2.17. The zero-order valence-corrected chi connectivity index (χ0v) is 19.1. The summed E-state index contributed by atoms with van der Waals surface area (Å²) >= 11 is 0. The average molecular weight is 473 g/mol. The molecule has 0 bridgehead atoms. The van der Waals surface area contributed by atoms with Crippen molar-refractivity contribution >= 4 is 22.1 Å². The molecule has 8 nitrogen and oxygen atoms in total. The van der Waals surface area contributed by atoms with Gasteiger partial charge in [-0.3, -0.25) is 4.79 Å². The minimum atomic E-state index is -4.30. The molecule has 1 atom stereocenters. The highest BCUT2D eigenvalue weighted by molar-refractivity contribution is 7.87. The first-order valence-corrected chi connectivity index (χ1v) is 12.0. The number of carboxylic acid groups (broad SMARTS) is 1. The Hall–Kier alpha value is -3.33. The van der Waals surface area contributed by atoms with E-state index in [2.05, 4.69) is 0 Å². The molecule has 1 unspecified atom stereocenters. The number of hydrogen-bond donors (Lipinski definition) is 2. The smallest absolute Gasteiger partial charge is 0.342 e. The predicted molar refractivity (Wildman–Crippen MR) is 118 cm³/mol. The number of phenolic OH excluding ortho intramolecular Hbond substituents is 1. The van der Waals surface area contributed by atoms with Gasteiger partial charge >= 0.3 is 22.1 Å². The number of carbonyl (C=O) groups excluding carboxylic acids is 1. The maximum absolute atomic E-state index is 13.0. The van der Waals surface area contributed by atoms with Crippen LogP contribution < -0.4 is 4.18 Å². The molecular formula is C24H24O8S. The monoisotopic (exact) mass is 472 g/mol. The van der Waals surface area contributed by atoms with Crippen LogP contribution in [0.15, 0.2) is 40.8 Å². The van der Waals surface area contributed by atoms with Gasteiger partial charge in [-0.25, -0.2) is 4.79 Å². The van der Waals surface area contributed by atoms with Crippen LogP contribution in [0, 0.1) is 19.8 Å². The fourth-order valence-electron chi connectivity index (χ4n) is 4.23. The minimum Gasteiger partial charge on any atom is -0.507 e. The fourth-order valence-corrected chi connectivity index (χ4v) is 5.19. The summed E-state index contributed by atoms with van der Waals surface area (Å²) in [6.45, 7) is 3.36. The second-order valence-electron chi connectivity index (χ2n) is 8.41. The number of esters is 1. The summed E-state index contributed by atoms with van der Waals surface area (Å²) in [5.74, 6) is -2.46. The second-order valence-corrected chi connectivity index (χ2v) is 9.95. The molecule has 1 heterocycles. The largest absolute Gasteiger partial charge is 0.507 e. The summed E-state index contributed by atoms with van der Waals surface area (Å²) in [6, 6.07) is 6.07. The third-order valence-electron chi connectivity index (χ3n) is 6.22. The van der Waals surface area contributed by atoms with Gasteiger partial charge in [0, 0.05) is 11.1 Å². The number of carbonyl (C=O) groups is 2. The number of aromatic hydroxyl groups is 1. The molecule has 9 heteroatoms. The Morgan fingerprint density at radius 1 is 1.24 bits per heavy atom. The highest BCUT2D eigenvalue weighted by Gasteiger charge is 2.35. The van der Waals surface area contributed by atoms with Gasteiger partial charge in [0.1, 0.15) is 22.8 Å². The molecule has 4 rings (SSSR count). The normalized spacial score (nSPS) is 18.9. The third-order valence-corrected chi connectivity index (χ3v) is 7.45. The maximum Gasteiger partial charge on any atom is 0.342 e. The van der Waals surface area contributed by atoms with Gasteiger partial charge in [0.2, 0.25) is 0 Å². The van der Waals surface area contributed by atoms with Crippen molar-refractivity contribution in [2.24, 2.45) is 5.92 Å². The van der Waals surface area contributed by atoms with Crippen molar-refractivity contribution in [2.45, 2.75) is 51.0 Å². The fraction of sp³-hybridized carbons (Fsp3) is 0.333. The van der Waals surface area contributed by atoms with Gasteiger partial charge in [0.25, 0.3) is 0 Å². The van der Waals surface area contributed by atoms with Crippen molar-refractivity contribution in [1.29, 1.82) is 0 Å². The number of aryl methyl sites for hydroxylation is 1. The van der Waals surface area contributed by atoms with E-state index >= 15 is 0 Å². The number of cyclic esters (lactones) is 1. The Kier molecular flexibility index (Phi) is 5.92. The summed E-state index contributed by atoms with van der Waals surface area (Å²) < 4.78 is 36.6. The first-order valence-electron chi connectivity index (χ1n) is 10.5. The summed E-state index contributed by atoms with van der Waals surface area (Å²) in [4.78, 5) is 23.6. The molecule has 33 heavy (non-hydrogen) atoms. The highest BCUT2D eigenvalue weighted by Crippen LogP contribution is 2.43. The molecule has 0 amide bonds. The van der Waals surface area contributed by atoms with Crippen LogP contribution in [0.5, 0.6) is 11.5 Å². The van der Waals surface area contributed by atoms with Crippen LogP contribution in [0.3, 0.4) is 0 Å². The zero-order valence-electron chi connectivity index (χ0n) is 18.3. The number of ether oxygens (including phenoxy) is 1. The second kappa shape index (κ2) is 8.55. The molecule has 1 aliphatic heterocycles. The number of allylic oxidation sites excluding steroid dienone is 2. The number of aliphatic carboxylic acids is 1. The molecule has 174 valence electrons. The van der Waals surface area contributed by atoms with Crippen LogP contribution >= 0.6 is 0 Å². The Morgan fingerprint density at radius 3 is 2.58 bits per heavy atom. The number of rotatable bonds is 6. The molecule has 0 saturated heterocycles. The first kappa shape index (κ1) is 22.8. The molecule has 2 aliphatic rings. The molecule has 0 spiro atoms. The topological polar surface area (TPSA) is 127 Å². The lowest BCUT2D eigenvalue weighted by atomic mass is 9.95. The number of hydrogen-bond acceptors (Lipinski definition) is 7. The molecule has 0 aromatic heterocycles. The van der Waals surface area contributed by atoms with E-state index in [1.54, 1.807) is 25.1 Å². The van der Waals surface area contributed by atoms with E-state index in [4.69, 9.17) is 8.92 Å². The molecule has 1 fully saturated rings. The Morgan fingerprint density at radius 2 is 1.94 bits per heavy atom. The molecule has 2 N–H and O–H groups in total. The van der Waals surface area contributed by atoms with Crippen molar-refractivity contribution in [3.05, 3.63) is 63.7 Å². The van der Waals surface area contributed by atoms with Crippen molar-refractivity contribution in [3.63, 3.8) is 0 Å². The van der Waals surface area contributed by atoms with Gasteiger partial charge < -0.3 is 19.1 Å².